The molecule has 1 aliphatic rings. The Kier molecular flexibility index (Phi) is 4.52. The molecule has 1 N–H and O–H groups in total. The van der Waals surface area contributed by atoms with Crippen molar-refractivity contribution in [3.05, 3.63) is 42.0 Å². The van der Waals surface area contributed by atoms with E-state index < -0.39 is 10.0 Å². The van der Waals surface area contributed by atoms with Gasteiger partial charge in [0.05, 0.1) is 10.6 Å². The van der Waals surface area contributed by atoms with Gasteiger partial charge in [-0.25, -0.2) is 0 Å². The van der Waals surface area contributed by atoms with Gasteiger partial charge in [0.25, 0.3) is 10.0 Å². The van der Waals surface area contributed by atoms with E-state index in [4.69, 9.17) is 0 Å². The average molecular weight is 306 g/mol. The molecule has 0 saturated heterocycles. The molecular formula is C16H22N2O2S. The van der Waals surface area contributed by atoms with Crippen LogP contribution >= 0.6 is 0 Å². The lowest BCUT2D eigenvalue weighted by Gasteiger charge is -2.27. The van der Waals surface area contributed by atoms with Crippen LogP contribution in [-0.2, 0) is 10.0 Å². The third kappa shape index (κ3) is 3.94. The standard InChI is InChI=1S/C16H22N2O2S/c1-4-16(3)11-9-14(10-12-16)17-18-21(19,20)15-7-5-13(2)6-8-15/h5-9,11,18H,4,10,12H2,1-3H3/b17-14-/t16-/m0/s1. The minimum absolute atomic E-state index is 0.203. The van der Waals surface area contributed by atoms with Crippen molar-refractivity contribution in [3.8, 4) is 0 Å². The number of sulfonamides is 1. The first kappa shape index (κ1) is 15.8. The maximum absolute atomic E-state index is 12.1. The van der Waals surface area contributed by atoms with Crippen LogP contribution in [0.15, 0.2) is 46.4 Å². The maximum Gasteiger partial charge on any atom is 0.276 e. The van der Waals surface area contributed by atoms with E-state index in [0.29, 0.717) is 0 Å². The normalized spacial score (nSPS) is 24.2. The Bertz CT molecular complexity index is 660. The highest BCUT2D eigenvalue weighted by atomic mass is 32.2. The Labute approximate surface area is 127 Å². The lowest BCUT2D eigenvalue weighted by Crippen LogP contribution is -2.23. The van der Waals surface area contributed by atoms with Crippen molar-refractivity contribution in [2.75, 3.05) is 0 Å². The molecule has 0 saturated carbocycles. The number of rotatable bonds is 4. The summed E-state index contributed by atoms with van der Waals surface area (Å²) in [5.41, 5.74) is 2.00. The molecule has 0 radical (unpaired) electrons. The van der Waals surface area contributed by atoms with Gasteiger partial charge >= 0.3 is 0 Å². The van der Waals surface area contributed by atoms with Crippen LogP contribution in [0, 0.1) is 12.3 Å². The van der Waals surface area contributed by atoms with Crippen molar-refractivity contribution in [2.45, 2.75) is 44.9 Å². The van der Waals surface area contributed by atoms with Crippen molar-refractivity contribution in [3.63, 3.8) is 0 Å². The summed E-state index contributed by atoms with van der Waals surface area (Å²) in [4.78, 5) is 2.55. The van der Waals surface area contributed by atoms with Gasteiger partial charge in [-0.05, 0) is 49.8 Å². The molecule has 0 spiro atoms. The molecule has 1 atom stereocenters. The van der Waals surface area contributed by atoms with Crippen LogP contribution in [0.3, 0.4) is 0 Å². The fourth-order valence-corrected chi connectivity index (χ4v) is 2.99. The number of hydrazone groups is 1. The van der Waals surface area contributed by atoms with Gasteiger partial charge in [0.2, 0.25) is 0 Å². The number of aryl methyl sites for hydroxylation is 1. The van der Waals surface area contributed by atoms with Gasteiger partial charge in [0, 0.05) is 0 Å². The molecule has 1 aromatic rings. The summed E-state index contributed by atoms with van der Waals surface area (Å²) >= 11 is 0. The van der Waals surface area contributed by atoms with Crippen molar-refractivity contribution in [1.82, 2.24) is 4.83 Å². The first-order valence-corrected chi connectivity index (χ1v) is 8.67. The molecule has 0 fully saturated rings. The summed E-state index contributed by atoms with van der Waals surface area (Å²) in [6, 6.07) is 6.72. The van der Waals surface area contributed by atoms with E-state index in [1.54, 1.807) is 24.3 Å². The molecule has 0 unspecified atom stereocenters. The van der Waals surface area contributed by atoms with Gasteiger partial charge < -0.3 is 0 Å². The van der Waals surface area contributed by atoms with Crippen LogP contribution in [0.2, 0.25) is 0 Å². The number of hydrogen-bond donors (Lipinski definition) is 1. The maximum atomic E-state index is 12.1. The average Bonchev–Trinajstić information content (AvgIpc) is 2.47. The van der Waals surface area contributed by atoms with Crippen LogP contribution in [0.5, 0.6) is 0 Å². The lowest BCUT2D eigenvalue weighted by atomic mass is 9.78. The second-order valence-corrected chi connectivity index (χ2v) is 7.51. The molecule has 0 bridgehead atoms. The Hall–Kier alpha value is -1.62. The zero-order valence-electron chi connectivity index (χ0n) is 12.8. The summed E-state index contributed by atoms with van der Waals surface area (Å²) in [6.07, 6.45) is 6.90. The topological polar surface area (TPSA) is 58.5 Å². The summed E-state index contributed by atoms with van der Waals surface area (Å²) < 4.78 is 24.3. The molecule has 0 aromatic heterocycles. The molecule has 5 heteroatoms. The highest BCUT2D eigenvalue weighted by molar-refractivity contribution is 7.89. The Morgan fingerprint density at radius 1 is 1.29 bits per heavy atom. The third-order valence-corrected chi connectivity index (χ3v) is 5.30. The lowest BCUT2D eigenvalue weighted by molar-refractivity contribution is 0.379. The number of hydrogen-bond acceptors (Lipinski definition) is 3. The van der Waals surface area contributed by atoms with E-state index in [2.05, 4.69) is 29.9 Å². The van der Waals surface area contributed by atoms with Crippen molar-refractivity contribution in [2.24, 2.45) is 10.5 Å². The highest BCUT2D eigenvalue weighted by Gasteiger charge is 2.23. The molecule has 0 aliphatic heterocycles. The fraction of sp³-hybridized carbons (Fsp3) is 0.438. The van der Waals surface area contributed by atoms with Crippen molar-refractivity contribution >= 4 is 15.7 Å². The van der Waals surface area contributed by atoms with E-state index in [0.717, 1.165) is 30.5 Å². The largest absolute Gasteiger partial charge is 0.276 e. The Morgan fingerprint density at radius 2 is 1.95 bits per heavy atom. The number of allylic oxidation sites excluding steroid dienone is 2. The number of nitrogens with zero attached hydrogens (tertiary/aromatic N) is 1. The summed E-state index contributed by atoms with van der Waals surface area (Å²) in [5.74, 6) is 0. The second kappa shape index (κ2) is 6.02. The smallest absolute Gasteiger partial charge is 0.200 e. The summed E-state index contributed by atoms with van der Waals surface area (Å²) in [6.45, 7) is 6.28. The minimum Gasteiger partial charge on any atom is -0.200 e. The van der Waals surface area contributed by atoms with Gasteiger partial charge in [-0.15, -0.1) is 0 Å². The predicted octanol–water partition coefficient (Wildman–Crippen LogP) is 3.40. The third-order valence-electron chi connectivity index (χ3n) is 4.08. The molecular weight excluding hydrogens is 284 g/mol. The highest BCUT2D eigenvalue weighted by Crippen LogP contribution is 2.32. The van der Waals surface area contributed by atoms with E-state index in [1.165, 1.54) is 0 Å². The van der Waals surface area contributed by atoms with Crippen molar-refractivity contribution in [1.29, 1.82) is 0 Å². The first-order chi connectivity index (χ1) is 9.85. The van der Waals surface area contributed by atoms with Crippen LogP contribution in [0.1, 0.15) is 38.7 Å². The molecule has 4 nitrogen and oxygen atoms in total. The van der Waals surface area contributed by atoms with Gasteiger partial charge in [0.1, 0.15) is 0 Å². The van der Waals surface area contributed by atoms with Gasteiger partial charge in [-0.3, -0.25) is 0 Å². The van der Waals surface area contributed by atoms with Crippen LogP contribution in [-0.4, -0.2) is 14.1 Å². The monoisotopic (exact) mass is 306 g/mol. The number of benzene rings is 1. The Morgan fingerprint density at radius 3 is 2.48 bits per heavy atom. The van der Waals surface area contributed by atoms with Crippen LogP contribution < -0.4 is 4.83 Å². The molecule has 0 amide bonds. The first-order valence-electron chi connectivity index (χ1n) is 7.19. The van der Waals surface area contributed by atoms with Gasteiger partial charge in [-0.1, -0.05) is 37.6 Å². The second-order valence-electron chi connectivity index (χ2n) is 5.85. The van der Waals surface area contributed by atoms with E-state index in [1.807, 2.05) is 13.0 Å². The van der Waals surface area contributed by atoms with Crippen molar-refractivity contribution < 1.29 is 8.42 Å². The zero-order chi connectivity index (χ0) is 15.5. The SMILES string of the molecule is CC[C@@]1(C)C=C/C(=N/NS(=O)(=O)c2ccc(C)cc2)CC1. The predicted molar refractivity (Wildman–Crippen MR) is 85.7 cm³/mol. The summed E-state index contributed by atoms with van der Waals surface area (Å²) in [7, 11) is -3.58. The van der Waals surface area contributed by atoms with Crippen LogP contribution in [0.4, 0.5) is 0 Å². The van der Waals surface area contributed by atoms with Gasteiger partial charge in [-0.2, -0.15) is 18.4 Å². The van der Waals surface area contributed by atoms with Gasteiger partial charge in [0.15, 0.2) is 0 Å². The molecule has 21 heavy (non-hydrogen) atoms. The minimum atomic E-state index is -3.58. The molecule has 114 valence electrons. The molecule has 2 rings (SSSR count). The molecule has 1 aliphatic carbocycles. The van der Waals surface area contributed by atoms with E-state index in [9.17, 15) is 8.42 Å². The quantitative estimate of drug-likeness (QED) is 0.867. The molecule has 1 aromatic carbocycles. The Balaban J connectivity index is 2.10. The number of nitrogens with one attached hydrogen (secondary N) is 1. The zero-order valence-corrected chi connectivity index (χ0v) is 13.6. The summed E-state index contributed by atoms with van der Waals surface area (Å²) in [5, 5.41) is 4.05. The van der Waals surface area contributed by atoms with E-state index >= 15 is 0 Å². The van der Waals surface area contributed by atoms with Crippen LogP contribution in [0.25, 0.3) is 0 Å². The molecule has 0 heterocycles. The van der Waals surface area contributed by atoms with E-state index in [-0.39, 0.29) is 10.3 Å². The fourth-order valence-electron chi connectivity index (χ4n) is 2.15.